The van der Waals surface area contributed by atoms with Gasteiger partial charge < -0.3 is 19.8 Å². The van der Waals surface area contributed by atoms with Gasteiger partial charge in [-0.05, 0) is 49.1 Å². The average molecular weight is 556 g/mol. The molecule has 3 amide bonds. The molecule has 10 nitrogen and oxygen atoms in total. The van der Waals surface area contributed by atoms with Crippen LogP contribution in [0.15, 0.2) is 64.6 Å². The van der Waals surface area contributed by atoms with Gasteiger partial charge in [0.05, 0.1) is 38.4 Å². The molecular weight excluding hydrogens is 514 g/mol. The Balaban J connectivity index is 0.00000441. The summed E-state index contributed by atoms with van der Waals surface area (Å²) >= 11 is 0. The quantitative estimate of drug-likeness (QED) is 0.0992. The third-order valence-electron chi connectivity index (χ3n) is 6.47. The van der Waals surface area contributed by atoms with Crippen molar-refractivity contribution in [2.45, 2.75) is 45.4 Å². The van der Waals surface area contributed by atoms with Crippen molar-refractivity contribution in [1.82, 2.24) is 15.7 Å². The number of ether oxygens (including phenoxy) is 1. The maximum absolute atomic E-state index is 13.0. The van der Waals surface area contributed by atoms with Gasteiger partial charge in [-0.15, -0.1) is 0 Å². The van der Waals surface area contributed by atoms with E-state index < -0.39 is 17.8 Å². The van der Waals surface area contributed by atoms with Crippen molar-refractivity contribution < 1.29 is 36.0 Å². The maximum atomic E-state index is 13.0. The zero-order valence-corrected chi connectivity index (χ0v) is 23.0. The lowest BCUT2D eigenvalue weighted by Crippen LogP contribution is -2.43. The molecule has 0 bridgehead atoms. The van der Waals surface area contributed by atoms with E-state index in [0.717, 1.165) is 37.7 Å². The van der Waals surface area contributed by atoms with Crippen molar-refractivity contribution in [3.8, 4) is 11.3 Å². The average Bonchev–Trinajstić information content (AvgIpc) is 3.49. The van der Waals surface area contributed by atoms with Gasteiger partial charge in [0.15, 0.2) is 5.76 Å². The van der Waals surface area contributed by atoms with Crippen molar-refractivity contribution in [3.63, 3.8) is 0 Å². The van der Waals surface area contributed by atoms with E-state index in [0.29, 0.717) is 36.3 Å². The Kier molecular flexibility index (Phi) is 12.2. The third-order valence-corrected chi connectivity index (χ3v) is 6.47. The predicted molar refractivity (Wildman–Crippen MR) is 153 cm³/mol. The van der Waals surface area contributed by atoms with Crippen LogP contribution in [-0.4, -0.2) is 56.2 Å². The number of amides is 3. The van der Waals surface area contributed by atoms with E-state index in [2.05, 4.69) is 23.6 Å². The minimum absolute atomic E-state index is 0. The zero-order valence-electron chi connectivity index (χ0n) is 23.0. The molecule has 218 valence electrons. The number of methoxy groups -OCH3 is 1. The number of nitrogens with zero attached hydrogens (tertiary/aromatic N) is 1. The number of hydroxylamine groups is 2. The van der Waals surface area contributed by atoms with Crippen LogP contribution in [0.4, 0.5) is 0 Å². The highest BCUT2D eigenvalue weighted by Gasteiger charge is 2.22. The first-order valence-corrected chi connectivity index (χ1v) is 13.5. The van der Waals surface area contributed by atoms with Crippen LogP contribution in [0.2, 0.25) is 0 Å². The molecule has 0 fully saturated rings. The number of benzene rings is 1. The van der Waals surface area contributed by atoms with E-state index in [-0.39, 0.29) is 27.7 Å². The Hall–Kier alpha value is -4.18. The van der Waals surface area contributed by atoms with Crippen molar-refractivity contribution in [2.75, 3.05) is 26.9 Å². The molecule has 40 heavy (non-hydrogen) atoms. The Morgan fingerprint density at radius 2 is 2.02 bits per heavy atom. The summed E-state index contributed by atoms with van der Waals surface area (Å²) < 4.78 is 10.4. The van der Waals surface area contributed by atoms with Gasteiger partial charge in [0.2, 0.25) is 12.3 Å². The van der Waals surface area contributed by atoms with E-state index >= 15 is 0 Å². The summed E-state index contributed by atoms with van der Waals surface area (Å²) in [5.74, 6) is -1.30. The summed E-state index contributed by atoms with van der Waals surface area (Å²) in [6, 6.07) is 9.82. The molecule has 3 rings (SSSR count). The Bertz CT molecular complexity index is 1230. The fourth-order valence-corrected chi connectivity index (χ4v) is 4.20. The number of allylic oxidation sites excluding steroid dienone is 3. The molecule has 0 radical (unpaired) electrons. The number of hydrogen-bond donors (Lipinski definition) is 2. The van der Waals surface area contributed by atoms with Gasteiger partial charge in [0.25, 0.3) is 5.91 Å². The summed E-state index contributed by atoms with van der Waals surface area (Å²) in [4.78, 5) is 54.7. The smallest absolute Gasteiger partial charge is 0.337 e. The summed E-state index contributed by atoms with van der Waals surface area (Å²) in [5.41, 5.74) is 2.06. The number of carbonyl (C=O) groups is 4. The summed E-state index contributed by atoms with van der Waals surface area (Å²) in [6.45, 7) is 2.37. The number of hydrogen-bond acceptors (Lipinski definition) is 7. The first-order valence-electron chi connectivity index (χ1n) is 13.5. The Morgan fingerprint density at radius 3 is 2.75 bits per heavy atom. The van der Waals surface area contributed by atoms with Crippen molar-refractivity contribution in [1.29, 1.82) is 0 Å². The normalized spacial score (nSPS) is 13.2. The minimum atomic E-state index is -0.508. The maximum Gasteiger partial charge on any atom is 0.337 e. The SMILES string of the molecule is CCCCC[C@H](CN(C=O)OCC1=CC=CCC1)C(=O)NCNC(=O)c1ccc(-c2cccc(C(=O)OC)c2)o1.[HH].[HH]. The van der Waals surface area contributed by atoms with Crippen LogP contribution in [0.3, 0.4) is 0 Å². The number of furan rings is 1. The van der Waals surface area contributed by atoms with Gasteiger partial charge >= 0.3 is 5.97 Å². The molecule has 2 N–H and O–H groups in total. The molecule has 2 aromatic rings. The number of unbranched alkanes of at least 4 members (excludes halogenated alkanes) is 2. The molecule has 0 saturated carbocycles. The molecule has 1 aliphatic rings. The van der Waals surface area contributed by atoms with Gasteiger partial charge in [-0.3, -0.25) is 19.2 Å². The van der Waals surface area contributed by atoms with Crippen molar-refractivity contribution >= 4 is 24.2 Å². The van der Waals surface area contributed by atoms with Gasteiger partial charge in [0, 0.05) is 8.42 Å². The van der Waals surface area contributed by atoms with Crippen LogP contribution >= 0.6 is 0 Å². The van der Waals surface area contributed by atoms with Crippen LogP contribution in [-0.2, 0) is 19.2 Å². The van der Waals surface area contributed by atoms with E-state index in [9.17, 15) is 19.2 Å². The van der Waals surface area contributed by atoms with Crippen LogP contribution in [0, 0.1) is 5.92 Å². The highest BCUT2D eigenvalue weighted by Crippen LogP contribution is 2.23. The summed E-state index contributed by atoms with van der Waals surface area (Å²) in [5, 5.41) is 6.53. The van der Waals surface area contributed by atoms with Crippen LogP contribution in [0.5, 0.6) is 0 Å². The molecular formula is C30H41N3O7. The zero-order chi connectivity index (χ0) is 28.7. The highest BCUT2D eigenvalue weighted by atomic mass is 16.7. The second-order valence-corrected chi connectivity index (χ2v) is 9.42. The molecule has 1 aliphatic carbocycles. The Morgan fingerprint density at radius 1 is 1.18 bits per heavy atom. The van der Waals surface area contributed by atoms with Gasteiger partial charge in [-0.25, -0.2) is 9.86 Å². The molecule has 0 spiro atoms. The number of esters is 1. The summed E-state index contributed by atoms with van der Waals surface area (Å²) in [7, 11) is 1.30. The third kappa shape index (κ3) is 9.23. The lowest BCUT2D eigenvalue weighted by atomic mass is 10.00. The van der Waals surface area contributed by atoms with E-state index in [1.807, 2.05) is 12.2 Å². The van der Waals surface area contributed by atoms with Crippen molar-refractivity contribution in [3.05, 3.63) is 71.5 Å². The fraction of sp³-hybridized carbons (Fsp3) is 0.400. The van der Waals surface area contributed by atoms with Gasteiger partial charge in [0.1, 0.15) is 5.76 Å². The first-order chi connectivity index (χ1) is 19.4. The second-order valence-electron chi connectivity index (χ2n) is 9.42. The monoisotopic (exact) mass is 555 g/mol. The lowest BCUT2D eigenvalue weighted by Gasteiger charge is -2.24. The highest BCUT2D eigenvalue weighted by molar-refractivity contribution is 5.93. The first kappa shape index (κ1) is 30.4. The summed E-state index contributed by atoms with van der Waals surface area (Å²) in [6.07, 6.45) is 11.8. The molecule has 0 unspecified atom stereocenters. The van der Waals surface area contributed by atoms with Crippen LogP contribution in [0.25, 0.3) is 11.3 Å². The molecule has 1 atom stereocenters. The molecule has 1 aromatic carbocycles. The predicted octanol–water partition coefficient (Wildman–Crippen LogP) is 4.89. The largest absolute Gasteiger partial charge is 0.465 e. The lowest BCUT2D eigenvalue weighted by molar-refractivity contribution is -0.173. The standard InChI is InChI=1S/C30H37N3O7.2H2/c1-3-4-6-12-25(18-33(21-34)39-19-22-10-7-5-8-11-22)28(35)31-20-32-29(36)27-16-15-26(40-27)23-13-9-14-24(17-23)30(37)38-2;;/h5,7,9-10,13-17,21,25H,3-4,6,8,11-12,18-20H2,1-2H3,(H,31,35)(H,32,36);2*1H/t25-;;/m1../s1. The molecule has 0 saturated heterocycles. The minimum Gasteiger partial charge on any atom is -0.465 e. The molecule has 1 aromatic heterocycles. The van der Waals surface area contributed by atoms with E-state index in [1.54, 1.807) is 30.3 Å². The van der Waals surface area contributed by atoms with Gasteiger partial charge in [-0.2, -0.15) is 0 Å². The molecule has 0 aliphatic heterocycles. The number of carbonyl (C=O) groups excluding carboxylic acids is 4. The molecule has 1 heterocycles. The van der Waals surface area contributed by atoms with E-state index in [4.69, 9.17) is 14.0 Å². The Labute approximate surface area is 237 Å². The van der Waals surface area contributed by atoms with E-state index in [1.165, 1.54) is 18.2 Å². The van der Waals surface area contributed by atoms with Crippen LogP contribution < -0.4 is 10.6 Å². The topological polar surface area (TPSA) is 127 Å². The molecule has 10 heteroatoms. The number of nitrogens with one attached hydrogen (secondary N) is 2. The second kappa shape index (κ2) is 16.0. The number of rotatable bonds is 16. The van der Waals surface area contributed by atoms with Crippen molar-refractivity contribution in [2.24, 2.45) is 5.92 Å². The van der Waals surface area contributed by atoms with Crippen LogP contribution in [0.1, 0.15) is 69.2 Å². The fourth-order valence-electron chi connectivity index (χ4n) is 4.20. The van der Waals surface area contributed by atoms with Gasteiger partial charge in [-0.1, -0.05) is 56.5 Å².